The van der Waals surface area contributed by atoms with Crippen molar-refractivity contribution in [3.63, 3.8) is 0 Å². The van der Waals surface area contributed by atoms with Gasteiger partial charge in [0.2, 0.25) is 17.8 Å². The lowest BCUT2D eigenvalue weighted by atomic mass is 9.87. The summed E-state index contributed by atoms with van der Waals surface area (Å²) in [6.07, 6.45) is 4.86. The fraction of sp³-hybridized carbons (Fsp3) is 0.591. The number of hydrogen-bond acceptors (Lipinski definition) is 10. The number of hydrogen-bond donors (Lipinski definition) is 2. The van der Waals surface area contributed by atoms with E-state index in [4.69, 9.17) is 15.2 Å². The number of nitrogens with zero attached hydrogens (tertiary/aromatic N) is 6. The standard InChI is InChI=1S/C22H31N7O4/c1-4-22(2,31)19(30)28(3)15-9-16(10-15)33-18-11-17(14-12-24-20(23)25-13-14)26-21(27-18)29-5-7-32-8-6-29/h11-13,15-16,31H,4-10H2,1-3H3,(H2,23,24,25)/t15?,16?,22-/m1/s1. The minimum absolute atomic E-state index is 0.0195. The largest absolute Gasteiger partial charge is 0.474 e. The number of ether oxygens (including phenoxy) is 2. The van der Waals surface area contributed by atoms with Crippen molar-refractivity contribution in [1.29, 1.82) is 0 Å². The summed E-state index contributed by atoms with van der Waals surface area (Å²) >= 11 is 0. The van der Waals surface area contributed by atoms with Crippen LogP contribution in [0.25, 0.3) is 11.3 Å². The van der Waals surface area contributed by atoms with Gasteiger partial charge in [-0.05, 0) is 13.3 Å². The molecule has 3 N–H and O–H groups in total. The molecule has 1 amide bonds. The number of likely N-dealkylation sites (N-methyl/N-ethyl adjacent to an activating group) is 1. The highest BCUT2D eigenvalue weighted by Gasteiger charge is 2.40. The summed E-state index contributed by atoms with van der Waals surface area (Å²) < 4.78 is 11.6. The lowest BCUT2D eigenvalue weighted by Gasteiger charge is -2.42. The molecule has 11 nitrogen and oxygen atoms in total. The van der Waals surface area contributed by atoms with Crippen molar-refractivity contribution in [2.45, 2.75) is 50.9 Å². The van der Waals surface area contributed by atoms with Gasteiger partial charge in [0.15, 0.2) is 0 Å². The van der Waals surface area contributed by atoms with E-state index in [2.05, 4.69) is 24.8 Å². The highest BCUT2D eigenvalue weighted by Crippen LogP contribution is 2.32. The minimum Gasteiger partial charge on any atom is -0.474 e. The van der Waals surface area contributed by atoms with Gasteiger partial charge >= 0.3 is 0 Å². The van der Waals surface area contributed by atoms with E-state index in [0.717, 1.165) is 0 Å². The predicted octanol–water partition coefficient (Wildman–Crippen LogP) is 0.882. The summed E-state index contributed by atoms with van der Waals surface area (Å²) in [5.74, 6) is 0.940. The normalized spacial score (nSPS) is 22.2. The quantitative estimate of drug-likeness (QED) is 0.616. The third kappa shape index (κ3) is 5.14. The van der Waals surface area contributed by atoms with E-state index in [1.807, 2.05) is 0 Å². The maximum atomic E-state index is 12.5. The number of amides is 1. The maximum Gasteiger partial charge on any atom is 0.254 e. The lowest BCUT2D eigenvalue weighted by Crippen LogP contribution is -2.55. The van der Waals surface area contributed by atoms with E-state index in [-0.39, 0.29) is 24.0 Å². The van der Waals surface area contributed by atoms with E-state index in [1.165, 1.54) is 0 Å². The summed E-state index contributed by atoms with van der Waals surface area (Å²) in [5, 5.41) is 10.3. The number of carbonyl (C=O) groups is 1. The first-order valence-electron chi connectivity index (χ1n) is 11.2. The molecule has 2 aliphatic rings. The monoisotopic (exact) mass is 457 g/mol. The van der Waals surface area contributed by atoms with Crippen LogP contribution in [-0.2, 0) is 9.53 Å². The first kappa shape index (κ1) is 23.1. The Morgan fingerprint density at radius 3 is 2.61 bits per heavy atom. The molecule has 1 saturated heterocycles. The molecule has 0 bridgehead atoms. The second-order valence-electron chi connectivity index (χ2n) is 8.73. The van der Waals surface area contributed by atoms with Crippen molar-refractivity contribution in [3.05, 3.63) is 18.5 Å². The molecule has 0 aromatic carbocycles. The fourth-order valence-corrected chi connectivity index (χ4v) is 3.81. The molecule has 11 heteroatoms. The second-order valence-corrected chi connectivity index (χ2v) is 8.73. The zero-order valence-electron chi connectivity index (χ0n) is 19.3. The van der Waals surface area contributed by atoms with Gasteiger partial charge in [-0.15, -0.1) is 0 Å². The van der Waals surface area contributed by atoms with Gasteiger partial charge in [0, 0.05) is 63.0 Å². The third-order valence-corrected chi connectivity index (χ3v) is 6.33. The van der Waals surface area contributed by atoms with Crippen LogP contribution in [0.4, 0.5) is 11.9 Å². The van der Waals surface area contributed by atoms with Crippen LogP contribution in [0.5, 0.6) is 5.88 Å². The van der Waals surface area contributed by atoms with Crippen LogP contribution in [0.3, 0.4) is 0 Å². The molecule has 0 radical (unpaired) electrons. The molecule has 0 spiro atoms. The summed E-state index contributed by atoms with van der Waals surface area (Å²) in [7, 11) is 1.73. The van der Waals surface area contributed by atoms with Gasteiger partial charge in [0.05, 0.1) is 18.9 Å². The van der Waals surface area contributed by atoms with E-state index in [1.54, 1.807) is 44.3 Å². The molecule has 1 saturated carbocycles. The number of carbonyl (C=O) groups excluding carboxylic acids is 1. The zero-order valence-corrected chi connectivity index (χ0v) is 19.3. The number of anilines is 2. The Bertz CT molecular complexity index is 973. The number of rotatable bonds is 7. The molecule has 3 heterocycles. The van der Waals surface area contributed by atoms with Crippen molar-refractivity contribution >= 4 is 17.8 Å². The van der Waals surface area contributed by atoms with Crippen molar-refractivity contribution in [1.82, 2.24) is 24.8 Å². The Hall–Kier alpha value is -3.05. The molecule has 178 valence electrons. The number of nitrogens with two attached hydrogens (primary N) is 1. The number of aliphatic hydroxyl groups is 1. The molecule has 33 heavy (non-hydrogen) atoms. The average Bonchev–Trinajstić information content (AvgIpc) is 2.81. The fourth-order valence-electron chi connectivity index (χ4n) is 3.81. The van der Waals surface area contributed by atoms with Crippen molar-refractivity contribution < 1.29 is 19.4 Å². The van der Waals surface area contributed by atoms with Crippen LogP contribution < -0.4 is 15.4 Å². The molecule has 2 aromatic heterocycles. The molecule has 1 aliphatic heterocycles. The van der Waals surface area contributed by atoms with Crippen LogP contribution in [0.1, 0.15) is 33.1 Å². The highest BCUT2D eigenvalue weighted by molar-refractivity contribution is 5.84. The Kier molecular flexibility index (Phi) is 6.61. The van der Waals surface area contributed by atoms with Gasteiger partial charge in [-0.3, -0.25) is 4.79 Å². The van der Waals surface area contributed by atoms with Gasteiger partial charge < -0.3 is 30.1 Å². The SMILES string of the molecule is CC[C@@](C)(O)C(=O)N(C)C1CC(Oc2cc(-c3cnc(N)nc3)nc(N3CCOCC3)n2)C1. The van der Waals surface area contributed by atoms with Crippen LogP contribution in [0.2, 0.25) is 0 Å². The molecule has 2 aromatic rings. The number of morpholine rings is 1. The zero-order chi connectivity index (χ0) is 23.6. The van der Waals surface area contributed by atoms with Gasteiger partial charge in [0.25, 0.3) is 5.91 Å². The van der Waals surface area contributed by atoms with Crippen LogP contribution in [0, 0.1) is 0 Å². The Morgan fingerprint density at radius 2 is 1.97 bits per heavy atom. The van der Waals surface area contributed by atoms with Crippen LogP contribution in [-0.4, -0.2) is 86.9 Å². The Morgan fingerprint density at radius 1 is 1.30 bits per heavy atom. The molecule has 1 aliphatic carbocycles. The summed E-state index contributed by atoms with van der Waals surface area (Å²) in [5.41, 5.74) is 5.63. The molecule has 4 rings (SSSR count). The lowest BCUT2D eigenvalue weighted by molar-refractivity contribution is -0.154. The predicted molar refractivity (Wildman–Crippen MR) is 122 cm³/mol. The highest BCUT2D eigenvalue weighted by atomic mass is 16.5. The molecule has 2 fully saturated rings. The molecular weight excluding hydrogens is 426 g/mol. The summed E-state index contributed by atoms with van der Waals surface area (Å²) in [4.78, 5) is 33.6. The maximum absolute atomic E-state index is 12.5. The smallest absolute Gasteiger partial charge is 0.254 e. The number of aromatic nitrogens is 4. The van der Waals surface area contributed by atoms with E-state index in [9.17, 15) is 9.90 Å². The second kappa shape index (κ2) is 9.44. The topological polar surface area (TPSA) is 140 Å². The average molecular weight is 458 g/mol. The number of nitrogen functional groups attached to an aromatic ring is 1. The Labute approximate surface area is 193 Å². The van der Waals surface area contributed by atoms with Gasteiger partial charge in [-0.1, -0.05) is 6.92 Å². The molecule has 1 atom stereocenters. The first-order valence-corrected chi connectivity index (χ1v) is 11.2. The van der Waals surface area contributed by atoms with Crippen molar-refractivity contribution in [2.75, 3.05) is 44.0 Å². The summed E-state index contributed by atoms with van der Waals surface area (Å²) in [6, 6.07) is 1.79. The molecule has 0 unspecified atom stereocenters. The minimum atomic E-state index is -1.35. The van der Waals surface area contributed by atoms with Crippen LogP contribution >= 0.6 is 0 Å². The van der Waals surface area contributed by atoms with E-state index in [0.29, 0.717) is 68.7 Å². The van der Waals surface area contributed by atoms with Gasteiger partial charge in [-0.25, -0.2) is 15.0 Å². The van der Waals surface area contributed by atoms with Gasteiger partial charge in [0.1, 0.15) is 11.7 Å². The third-order valence-electron chi connectivity index (χ3n) is 6.33. The first-order chi connectivity index (χ1) is 15.8. The van der Waals surface area contributed by atoms with Crippen molar-refractivity contribution in [3.8, 4) is 17.1 Å². The van der Waals surface area contributed by atoms with E-state index < -0.39 is 5.60 Å². The Balaban J connectivity index is 1.49. The van der Waals surface area contributed by atoms with Crippen LogP contribution in [0.15, 0.2) is 18.5 Å². The summed E-state index contributed by atoms with van der Waals surface area (Å²) in [6.45, 7) is 5.95. The van der Waals surface area contributed by atoms with E-state index >= 15 is 0 Å². The van der Waals surface area contributed by atoms with Gasteiger partial charge in [-0.2, -0.15) is 4.98 Å². The van der Waals surface area contributed by atoms with Crippen molar-refractivity contribution in [2.24, 2.45) is 0 Å². The molecular formula is C22H31N7O4.